The minimum Gasteiger partial charge on any atom is -0.458 e. The minimum atomic E-state index is -1.02. The molecule has 0 aromatic rings. The van der Waals surface area contributed by atoms with Crippen molar-refractivity contribution in [2.75, 3.05) is 13.1 Å². The second kappa shape index (κ2) is 15.4. The second-order valence-corrected chi connectivity index (χ2v) is 15.1. The first-order valence-corrected chi connectivity index (χ1v) is 16.8. The lowest BCUT2D eigenvalue weighted by Crippen LogP contribution is -2.62. The molecule has 1 unspecified atom stereocenters. The average molecular weight is 646 g/mol. The minimum absolute atomic E-state index is 0.0618. The van der Waals surface area contributed by atoms with E-state index < -0.39 is 70.7 Å². The van der Waals surface area contributed by atoms with Gasteiger partial charge >= 0.3 is 12.0 Å². The van der Waals surface area contributed by atoms with Gasteiger partial charge in [0, 0.05) is 13.1 Å². The van der Waals surface area contributed by atoms with E-state index in [1.807, 2.05) is 27.7 Å². The van der Waals surface area contributed by atoms with E-state index in [0.29, 0.717) is 13.0 Å². The van der Waals surface area contributed by atoms with Gasteiger partial charge in [-0.05, 0) is 69.6 Å². The molecule has 0 bridgehead atoms. The van der Waals surface area contributed by atoms with E-state index in [-0.39, 0.29) is 30.7 Å². The number of ether oxygens (including phenoxy) is 1. The second-order valence-electron chi connectivity index (χ2n) is 15.1. The molecule has 0 aromatic carbocycles. The van der Waals surface area contributed by atoms with E-state index in [1.165, 1.54) is 11.0 Å². The zero-order chi connectivity index (χ0) is 34.4. The van der Waals surface area contributed by atoms with Gasteiger partial charge < -0.3 is 30.9 Å². The first kappa shape index (κ1) is 37.0. The van der Waals surface area contributed by atoms with Crippen LogP contribution in [0, 0.1) is 23.2 Å². The van der Waals surface area contributed by atoms with Gasteiger partial charge in [0.15, 0.2) is 0 Å². The molecular formula is C34H55N5O7. The van der Waals surface area contributed by atoms with E-state index >= 15 is 0 Å². The SMILES string of the molecule is C=CCNC(=O)C(=O)C(CCC)NC(=O)[C@@H]1[C@H]2C[C@H]2CN1C(=O)[C@@H](NC(=O)N[C@H](C(=O)OC(C)(C)C)C1CCCCC1)C(C)(C)C. The maximum Gasteiger partial charge on any atom is 0.329 e. The van der Waals surface area contributed by atoms with Gasteiger partial charge in [-0.3, -0.25) is 19.2 Å². The third-order valence-electron chi connectivity index (χ3n) is 9.00. The van der Waals surface area contributed by atoms with Crippen LogP contribution in [0.1, 0.15) is 99.8 Å². The molecule has 3 fully saturated rings. The van der Waals surface area contributed by atoms with Crippen molar-refractivity contribution in [3.05, 3.63) is 12.7 Å². The molecule has 2 aliphatic carbocycles. The molecule has 0 aromatic heterocycles. The van der Waals surface area contributed by atoms with Crippen LogP contribution in [0.3, 0.4) is 0 Å². The van der Waals surface area contributed by atoms with E-state index in [1.54, 1.807) is 20.8 Å². The van der Waals surface area contributed by atoms with Crippen LogP contribution in [0.5, 0.6) is 0 Å². The lowest BCUT2D eigenvalue weighted by molar-refractivity contribution is -0.159. The number of nitrogens with zero attached hydrogens (tertiary/aromatic N) is 1. The van der Waals surface area contributed by atoms with Crippen LogP contribution in [-0.4, -0.2) is 83.3 Å². The van der Waals surface area contributed by atoms with Gasteiger partial charge in [0.2, 0.25) is 17.6 Å². The van der Waals surface area contributed by atoms with Crippen molar-refractivity contribution in [3.8, 4) is 0 Å². The summed E-state index contributed by atoms with van der Waals surface area (Å²) in [5.41, 5.74) is -1.47. The van der Waals surface area contributed by atoms with Crippen molar-refractivity contribution >= 4 is 35.5 Å². The molecule has 0 spiro atoms. The summed E-state index contributed by atoms with van der Waals surface area (Å²) in [6, 6.07) is -4.37. The predicted octanol–water partition coefficient (Wildman–Crippen LogP) is 2.99. The molecule has 1 aliphatic heterocycles. The largest absolute Gasteiger partial charge is 0.458 e. The van der Waals surface area contributed by atoms with Gasteiger partial charge in [-0.2, -0.15) is 0 Å². The summed E-state index contributed by atoms with van der Waals surface area (Å²) >= 11 is 0. The smallest absolute Gasteiger partial charge is 0.329 e. The summed E-state index contributed by atoms with van der Waals surface area (Å²) < 4.78 is 5.66. The van der Waals surface area contributed by atoms with Crippen LogP contribution in [0.15, 0.2) is 12.7 Å². The summed E-state index contributed by atoms with van der Waals surface area (Å²) in [4.78, 5) is 81.3. The van der Waals surface area contributed by atoms with Crippen molar-refractivity contribution in [3.63, 3.8) is 0 Å². The molecule has 1 heterocycles. The molecule has 12 heteroatoms. The number of nitrogens with one attached hydrogen (secondary N) is 4. The van der Waals surface area contributed by atoms with Crippen molar-refractivity contribution in [2.24, 2.45) is 23.2 Å². The first-order valence-electron chi connectivity index (χ1n) is 16.8. The highest BCUT2D eigenvalue weighted by molar-refractivity contribution is 6.38. The number of carbonyl (C=O) groups excluding carboxylic acids is 6. The highest BCUT2D eigenvalue weighted by Crippen LogP contribution is 2.50. The molecule has 258 valence electrons. The Morgan fingerprint density at radius 2 is 1.61 bits per heavy atom. The number of amides is 5. The third-order valence-corrected chi connectivity index (χ3v) is 9.00. The number of ketones is 1. The monoisotopic (exact) mass is 645 g/mol. The van der Waals surface area contributed by atoms with Crippen molar-refractivity contribution in [2.45, 2.75) is 130 Å². The number of esters is 1. The number of rotatable bonds is 13. The van der Waals surface area contributed by atoms with Gasteiger partial charge in [-0.25, -0.2) is 9.59 Å². The molecule has 5 amide bonds. The van der Waals surface area contributed by atoms with E-state index in [2.05, 4.69) is 27.8 Å². The van der Waals surface area contributed by atoms with Gasteiger partial charge in [0.25, 0.3) is 5.91 Å². The summed E-state index contributed by atoms with van der Waals surface area (Å²) in [7, 11) is 0. The van der Waals surface area contributed by atoms with Crippen LogP contribution in [0.25, 0.3) is 0 Å². The fourth-order valence-electron chi connectivity index (χ4n) is 6.58. The quantitative estimate of drug-likeness (QED) is 0.136. The maximum atomic E-state index is 14.2. The van der Waals surface area contributed by atoms with Crippen LogP contribution in [0.4, 0.5) is 4.79 Å². The molecule has 4 N–H and O–H groups in total. The van der Waals surface area contributed by atoms with Crippen molar-refractivity contribution in [1.82, 2.24) is 26.2 Å². The highest BCUT2D eigenvalue weighted by atomic mass is 16.6. The molecule has 3 aliphatic rings. The van der Waals surface area contributed by atoms with Gasteiger partial charge in [-0.1, -0.05) is 59.5 Å². The topological polar surface area (TPSA) is 163 Å². The van der Waals surface area contributed by atoms with Gasteiger partial charge in [0.05, 0.1) is 6.04 Å². The molecule has 12 nitrogen and oxygen atoms in total. The molecular weight excluding hydrogens is 590 g/mol. The van der Waals surface area contributed by atoms with E-state index in [4.69, 9.17) is 4.74 Å². The van der Waals surface area contributed by atoms with Crippen molar-refractivity contribution in [1.29, 1.82) is 0 Å². The maximum absolute atomic E-state index is 14.2. The normalized spacial score (nSPS) is 23.2. The standard InChI is InChI=1S/C34H55N5O7/c1-9-14-23(26(40)29(42)35-17-10-2)36-28(41)25-22-18-21(22)19-39(25)30(43)27(33(3,4)5)38-32(45)37-24(20-15-12-11-13-16-20)31(44)46-34(6,7)8/h10,20-25,27H,2,9,11-19H2,1,3-8H3,(H,35,42)(H,36,41)(H2,37,38,45)/t21-,22-,23?,24-,25-,27+/m0/s1. The zero-order valence-electron chi connectivity index (χ0n) is 28.7. The molecule has 0 radical (unpaired) electrons. The Hall–Kier alpha value is -3.44. The van der Waals surface area contributed by atoms with Crippen LogP contribution in [0.2, 0.25) is 0 Å². The predicted molar refractivity (Wildman–Crippen MR) is 173 cm³/mol. The average Bonchev–Trinajstić information content (AvgIpc) is 3.63. The lowest BCUT2D eigenvalue weighted by Gasteiger charge is -2.37. The molecule has 2 saturated carbocycles. The molecule has 46 heavy (non-hydrogen) atoms. The molecule has 3 rings (SSSR count). The number of fused-ring (bicyclic) bond motifs is 1. The Morgan fingerprint density at radius 3 is 2.17 bits per heavy atom. The summed E-state index contributed by atoms with van der Waals surface area (Å²) in [5, 5.41) is 10.9. The Bertz CT molecular complexity index is 1170. The fourth-order valence-corrected chi connectivity index (χ4v) is 6.58. The summed E-state index contributed by atoms with van der Waals surface area (Å²) in [6.45, 7) is 16.7. The number of piperidine rings is 1. The summed E-state index contributed by atoms with van der Waals surface area (Å²) in [5.74, 6) is -2.94. The number of hydrogen-bond donors (Lipinski definition) is 4. The Morgan fingerprint density at radius 1 is 0.957 bits per heavy atom. The molecule has 6 atom stereocenters. The van der Waals surface area contributed by atoms with Crippen LogP contribution >= 0.6 is 0 Å². The number of hydrogen-bond acceptors (Lipinski definition) is 7. The Labute approximate surface area is 273 Å². The number of Topliss-reactive ketones (excluding diaryl/α,β-unsaturated/α-hetero) is 1. The van der Waals surface area contributed by atoms with Crippen LogP contribution in [-0.2, 0) is 28.7 Å². The third kappa shape index (κ3) is 9.78. The van der Waals surface area contributed by atoms with E-state index in [0.717, 1.165) is 38.5 Å². The van der Waals surface area contributed by atoms with Gasteiger partial charge in [0.1, 0.15) is 23.7 Å². The summed E-state index contributed by atoms with van der Waals surface area (Å²) in [6.07, 6.45) is 7.64. The Balaban J connectivity index is 1.77. The number of likely N-dealkylation sites (tertiary alicyclic amines) is 1. The number of carbonyl (C=O) groups is 6. The first-order chi connectivity index (χ1) is 21.5. The zero-order valence-corrected chi connectivity index (χ0v) is 28.7. The van der Waals surface area contributed by atoms with Crippen LogP contribution < -0.4 is 21.3 Å². The fraction of sp³-hybridized carbons (Fsp3) is 0.765. The van der Waals surface area contributed by atoms with Crippen molar-refractivity contribution < 1.29 is 33.5 Å². The number of urea groups is 1. The van der Waals surface area contributed by atoms with Gasteiger partial charge in [-0.15, -0.1) is 6.58 Å². The molecule has 1 saturated heterocycles. The lowest BCUT2D eigenvalue weighted by atomic mass is 9.83. The highest BCUT2D eigenvalue weighted by Gasteiger charge is 2.58. The Kier molecular flexibility index (Phi) is 12.4. The van der Waals surface area contributed by atoms with E-state index in [9.17, 15) is 28.8 Å².